The number of ether oxygens (including phenoxy) is 1. The van der Waals surface area contributed by atoms with Crippen LogP contribution in [-0.4, -0.2) is 41.7 Å². The van der Waals surface area contributed by atoms with Gasteiger partial charge in [0.25, 0.3) is 0 Å². The molecule has 2 rings (SSSR count). The van der Waals surface area contributed by atoms with Crippen molar-refractivity contribution in [3.8, 4) is 5.75 Å². The number of nitrogens with zero attached hydrogens (tertiary/aromatic N) is 1. The predicted octanol–water partition coefficient (Wildman–Crippen LogP) is 5.57. The summed E-state index contributed by atoms with van der Waals surface area (Å²) >= 11 is 13.9. The molecule has 0 fully saturated rings. The van der Waals surface area contributed by atoms with Crippen LogP contribution in [0.3, 0.4) is 0 Å². The number of hydrogen-bond donors (Lipinski definition) is 1. The predicted molar refractivity (Wildman–Crippen MR) is 134 cm³/mol. The number of amides is 2. The average Bonchev–Trinajstić information content (AvgIpc) is 2.75. The van der Waals surface area contributed by atoms with Gasteiger partial charge in [0.05, 0.1) is 12.9 Å². The Balaban J connectivity index is 2.19. The second kappa shape index (κ2) is 13.0. The van der Waals surface area contributed by atoms with Crippen molar-refractivity contribution in [1.29, 1.82) is 0 Å². The summed E-state index contributed by atoms with van der Waals surface area (Å²) < 4.78 is 5.31. The van der Waals surface area contributed by atoms with Crippen LogP contribution in [0.2, 0.25) is 10.0 Å². The minimum Gasteiger partial charge on any atom is -0.497 e. The lowest BCUT2D eigenvalue weighted by Gasteiger charge is -2.31. The molecular weight excluding hydrogens is 467 g/mol. The molecule has 0 aliphatic heterocycles. The number of thioether (sulfide) groups is 1. The van der Waals surface area contributed by atoms with Gasteiger partial charge >= 0.3 is 0 Å². The van der Waals surface area contributed by atoms with Crippen LogP contribution in [0.5, 0.6) is 5.75 Å². The second-order valence-corrected chi connectivity index (χ2v) is 9.45. The Morgan fingerprint density at radius 2 is 1.78 bits per heavy atom. The lowest BCUT2D eigenvalue weighted by atomic mass is 10.1. The Hall–Kier alpha value is -1.89. The van der Waals surface area contributed by atoms with Crippen LogP contribution in [-0.2, 0) is 21.9 Å². The molecule has 174 valence electrons. The fraction of sp³-hybridized carbons (Fsp3) is 0.417. The number of hydrogen-bond acceptors (Lipinski definition) is 4. The van der Waals surface area contributed by atoms with E-state index in [9.17, 15) is 9.59 Å². The minimum atomic E-state index is -0.569. The molecule has 2 aromatic carbocycles. The van der Waals surface area contributed by atoms with Crippen LogP contribution in [0.25, 0.3) is 0 Å². The maximum absolute atomic E-state index is 13.3. The molecule has 2 aromatic rings. The third-order valence-corrected chi connectivity index (χ3v) is 6.49. The molecule has 8 heteroatoms. The summed E-state index contributed by atoms with van der Waals surface area (Å²) in [4.78, 5) is 27.8. The molecule has 5 nitrogen and oxygen atoms in total. The van der Waals surface area contributed by atoms with E-state index in [2.05, 4.69) is 5.32 Å². The first-order valence-corrected chi connectivity index (χ1v) is 12.4. The molecule has 0 radical (unpaired) electrons. The summed E-state index contributed by atoms with van der Waals surface area (Å²) in [6.45, 7) is 6.03. The smallest absolute Gasteiger partial charge is 0.243 e. The minimum absolute atomic E-state index is 0.0120. The molecule has 0 saturated carbocycles. The van der Waals surface area contributed by atoms with E-state index >= 15 is 0 Å². The van der Waals surface area contributed by atoms with Gasteiger partial charge in [0, 0.05) is 28.4 Å². The van der Waals surface area contributed by atoms with Crippen molar-refractivity contribution in [1.82, 2.24) is 10.2 Å². The third kappa shape index (κ3) is 7.61. The topological polar surface area (TPSA) is 58.6 Å². The Bertz CT molecular complexity index is 904. The lowest BCUT2D eigenvalue weighted by Crippen LogP contribution is -2.50. The van der Waals surface area contributed by atoms with Crippen LogP contribution in [0, 0.1) is 0 Å². The number of carbonyl (C=O) groups is 2. The van der Waals surface area contributed by atoms with E-state index in [1.807, 2.05) is 45.0 Å². The molecule has 0 unspecified atom stereocenters. The summed E-state index contributed by atoms with van der Waals surface area (Å²) in [5, 5.41) is 4.09. The van der Waals surface area contributed by atoms with Gasteiger partial charge in [0.1, 0.15) is 11.8 Å². The van der Waals surface area contributed by atoms with E-state index < -0.39 is 6.04 Å². The van der Waals surface area contributed by atoms with E-state index in [-0.39, 0.29) is 23.6 Å². The third-order valence-electron chi connectivity index (χ3n) is 4.84. The highest BCUT2D eigenvalue weighted by molar-refractivity contribution is 7.99. The van der Waals surface area contributed by atoms with Gasteiger partial charge < -0.3 is 15.0 Å². The first-order valence-electron chi connectivity index (χ1n) is 10.5. The van der Waals surface area contributed by atoms with E-state index in [0.717, 1.165) is 11.1 Å². The molecule has 0 heterocycles. The highest BCUT2D eigenvalue weighted by Gasteiger charge is 2.29. The Labute approximate surface area is 204 Å². The molecule has 32 heavy (non-hydrogen) atoms. The van der Waals surface area contributed by atoms with Crippen LogP contribution < -0.4 is 10.1 Å². The van der Waals surface area contributed by atoms with Gasteiger partial charge in [-0.3, -0.25) is 9.59 Å². The summed E-state index contributed by atoms with van der Waals surface area (Å²) in [7, 11) is 1.60. The van der Waals surface area contributed by atoms with Crippen LogP contribution in [0.4, 0.5) is 0 Å². The Morgan fingerprint density at radius 1 is 1.12 bits per heavy atom. The monoisotopic (exact) mass is 496 g/mol. The zero-order valence-electron chi connectivity index (χ0n) is 18.9. The molecule has 0 aliphatic carbocycles. The molecule has 0 saturated heterocycles. The van der Waals surface area contributed by atoms with Gasteiger partial charge in [-0.05, 0) is 55.7 Å². The molecule has 1 N–H and O–H groups in total. The first kappa shape index (κ1) is 26.4. The normalized spacial score (nSPS) is 11.8. The molecule has 0 bridgehead atoms. The quantitative estimate of drug-likeness (QED) is 0.441. The molecule has 0 aromatic heterocycles. The fourth-order valence-electron chi connectivity index (χ4n) is 3.26. The maximum atomic E-state index is 13.3. The summed E-state index contributed by atoms with van der Waals surface area (Å²) in [5.41, 5.74) is 1.70. The Morgan fingerprint density at radius 3 is 2.38 bits per heavy atom. The van der Waals surface area contributed by atoms with Crippen molar-refractivity contribution in [2.24, 2.45) is 0 Å². The zero-order chi connectivity index (χ0) is 23.7. The van der Waals surface area contributed by atoms with Crippen molar-refractivity contribution in [3.05, 3.63) is 63.6 Å². The van der Waals surface area contributed by atoms with Crippen LogP contribution in [0.15, 0.2) is 42.5 Å². The molecule has 2 amide bonds. The number of benzene rings is 2. The lowest BCUT2D eigenvalue weighted by molar-refractivity contribution is -0.139. The number of carbonyl (C=O) groups excluding carboxylic acids is 2. The Kier molecular flexibility index (Phi) is 10.7. The molecular formula is C24H30Cl2N2O3S. The van der Waals surface area contributed by atoms with Crippen molar-refractivity contribution < 1.29 is 14.3 Å². The summed E-state index contributed by atoms with van der Waals surface area (Å²) in [5.74, 6) is 1.14. The first-order chi connectivity index (χ1) is 15.3. The number of halogens is 2. The van der Waals surface area contributed by atoms with E-state index in [1.165, 1.54) is 11.8 Å². The molecule has 1 atom stereocenters. The van der Waals surface area contributed by atoms with Crippen molar-refractivity contribution in [2.75, 3.05) is 12.9 Å². The highest BCUT2D eigenvalue weighted by atomic mass is 35.5. The van der Waals surface area contributed by atoms with Gasteiger partial charge in [-0.25, -0.2) is 0 Å². The summed E-state index contributed by atoms with van der Waals surface area (Å²) in [6, 6.07) is 12.3. The number of methoxy groups -OCH3 is 1. The maximum Gasteiger partial charge on any atom is 0.243 e. The average molecular weight is 497 g/mol. The number of nitrogens with one attached hydrogen (secondary N) is 1. The van der Waals surface area contributed by atoms with Crippen molar-refractivity contribution in [3.63, 3.8) is 0 Å². The summed E-state index contributed by atoms with van der Waals surface area (Å²) in [6.07, 6.45) is 0.509. The molecule has 0 spiro atoms. The standard InChI is InChI=1S/C24H30Cl2N2O3S/c1-5-22(24(30)27-16(2)3)28(13-17-8-6-9-18(12-17)31-4)23(29)15-32-14-19-20(25)10-7-11-21(19)26/h6-12,16,22H,5,13-15H2,1-4H3,(H,27,30)/t22-/m0/s1. The molecule has 0 aliphatic rings. The van der Waals surface area contributed by atoms with Gasteiger partial charge in [-0.1, -0.05) is 48.3 Å². The van der Waals surface area contributed by atoms with Crippen LogP contribution in [0.1, 0.15) is 38.3 Å². The highest BCUT2D eigenvalue weighted by Crippen LogP contribution is 2.28. The van der Waals surface area contributed by atoms with Crippen molar-refractivity contribution >= 4 is 46.8 Å². The van der Waals surface area contributed by atoms with Crippen molar-refractivity contribution in [2.45, 2.75) is 51.6 Å². The number of rotatable bonds is 11. The van der Waals surface area contributed by atoms with Gasteiger partial charge in [-0.15, -0.1) is 11.8 Å². The second-order valence-electron chi connectivity index (χ2n) is 7.65. The fourth-order valence-corrected chi connectivity index (χ4v) is 4.91. The zero-order valence-corrected chi connectivity index (χ0v) is 21.2. The van der Waals surface area contributed by atoms with E-state index in [0.29, 0.717) is 34.5 Å². The van der Waals surface area contributed by atoms with E-state index in [4.69, 9.17) is 27.9 Å². The van der Waals surface area contributed by atoms with Gasteiger partial charge in [0.15, 0.2) is 0 Å². The largest absolute Gasteiger partial charge is 0.497 e. The van der Waals surface area contributed by atoms with E-state index in [1.54, 1.807) is 30.2 Å². The van der Waals surface area contributed by atoms with Crippen LogP contribution >= 0.6 is 35.0 Å². The van der Waals surface area contributed by atoms with Gasteiger partial charge in [0.2, 0.25) is 11.8 Å². The SMILES string of the molecule is CC[C@@H](C(=O)NC(C)C)N(Cc1cccc(OC)c1)C(=O)CSCc1c(Cl)cccc1Cl. The van der Waals surface area contributed by atoms with Gasteiger partial charge in [-0.2, -0.15) is 0 Å².